The van der Waals surface area contributed by atoms with Crippen molar-refractivity contribution >= 4 is 10.8 Å². The molecule has 0 saturated heterocycles. The number of unbranched alkanes of at least 4 members (excludes halogenated alkanes) is 3. The number of fused-ring (bicyclic) bond motifs is 1. The van der Waals surface area contributed by atoms with Crippen LogP contribution in [0.25, 0.3) is 10.8 Å². The molecule has 26 heavy (non-hydrogen) atoms. The van der Waals surface area contributed by atoms with Crippen LogP contribution in [0.2, 0.25) is 0 Å². The summed E-state index contributed by atoms with van der Waals surface area (Å²) in [4.78, 5) is 0. The zero-order valence-electron chi connectivity index (χ0n) is 15.8. The SMILES string of the molecule is COCCC(N)C(=CCCCCCN)COc1cccc2ccccc12. The van der Waals surface area contributed by atoms with E-state index in [9.17, 15) is 0 Å². The number of nitrogens with two attached hydrogens (primary N) is 2. The molecule has 0 fully saturated rings. The van der Waals surface area contributed by atoms with Gasteiger partial charge in [-0.2, -0.15) is 0 Å². The molecule has 4 N–H and O–H groups in total. The number of methoxy groups -OCH3 is 1. The van der Waals surface area contributed by atoms with Gasteiger partial charge in [-0.1, -0.05) is 48.9 Å². The minimum Gasteiger partial charge on any atom is -0.489 e. The third-order valence-corrected chi connectivity index (χ3v) is 4.57. The maximum absolute atomic E-state index is 6.37. The van der Waals surface area contributed by atoms with Crippen molar-refractivity contribution in [1.82, 2.24) is 0 Å². The summed E-state index contributed by atoms with van der Waals surface area (Å²) in [5.74, 6) is 0.899. The molecular formula is C22H32N2O2. The Morgan fingerprint density at radius 3 is 2.69 bits per heavy atom. The first-order valence-electron chi connectivity index (χ1n) is 9.50. The topological polar surface area (TPSA) is 70.5 Å². The molecule has 1 unspecified atom stereocenters. The largest absolute Gasteiger partial charge is 0.489 e. The van der Waals surface area contributed by atoms with Crippen molar-refractivity contribution in [3.8, 4) is 5.75 Å². The van der Waals surface area contributed by atoms with Crippen molar-refractivity contribution in [2.24, 2.45) is 11.5 Å². The molecule has 0 aromatic heterocycles. The zero-order chi connectivity index (χ0) is 18.6. The highest BCUT2D eigenvalue weighted by molar-refractivity contribution is 5.88. The Morgan fingerprint density at radius 2 is 1.88 bits per heavy atom. The first-order valence-corrected chi connectivity index (χ1v) is 9.50. The highest BCUT2D eigenvalue weighted by atomic mass is 16.5. The summed E-state index contributed by atoms with van der Waals surface area (Å²) in [5.41, 5.74) is 13.1. The van der Waals surface area contributed by atoms with E-state index in [-0.39, 0.29) is 6.04 Å². The van der Waals surface area contributed by atoms with E-state index in [4.69, 9.17) is 20.9 Å². The Balaban J connectivity index is 2.03. The smallest absolute Gasteiger partial charge is 0.127 e. The van der Waals surface area contributed by atoms with Gasteiger partial charge in [0.2, 0.25) is 0 Å². The van der Waals surface area contributed by atoms with Gasteiger partial charge >= 0.3 is 0 Å². The number of allylic oxidation sites excluding steroid dienone is 1. The van der Waals surface area contributed by atoms with Crippen molar-refractivity contribution < 1.29 is 9.47 Å². The van der Waals surface area contributed by atoms with Gasteiger partial charge in [-0.25, -0.2) is 0 Å². The second-order valence-electron chi connectivity index (χ2n) is 6.57. The van der Waals surface area contributed by atoms with Crippen LogP contribution in [0.15, 0.2) is 54.1 Å². The maximum Gasteiger partial charge on any atom is 0.127 e. The first-order chi connectivity index (χ1) is 12.8. The Kier molecular flexibility index (Phi) is 9.18. The Hall–Kier alpha value is -1.88. The summed E-state index contributed by atoms with van der Waals surface area (Å²) in [7, 11) is 1.70. The molecule has 2 aromatic carbocycles. The second kappa shape index (κ2) is 11.7. The van der Waals surface area contributed by atoms with Crippen molar-refractivity contribution in [3.05, 3.63) is 54.1 Å². The summed E-state index contributed by atoms with van der Waals surface area (Å²) >= 11 is 0. The van der Waals surface area contributed by atoms with E-state index >= 15 is 0 Å². The van der Waals surface area contributed by atoms with E-state index < -0.39 is 0 Å². The van der Waals surface area contributed by atoms with E-state index in [2.05, 4.69) is 24.3 Å². The molecule has 0 spiro atoms. The molecule has 0 aliphatic carbocycles. The van der Waals surface area contributed by atoms with Crippen LogP contribution in [0.4, 0.5) is 0 Å². The molecule has 142 valence electrons. The van der Waals surface area contributed by atoms with Crippen LogP contribution in [0.3, 0.4) is 0 Å². The highest BCUT2D eigenvalue weighted by Crippen LogP contribution is 2.26. The van der Waals surface area contributed by atoms with Gasteiger partial charge in [0.1, 0.15) is 12.4 Å². The molecule has 0 saturated carbocycles. The lowest BCUT2D eigenvalue weighted by atomic mass is 10.0. The van der Waals surface area contributed by atoms with Gasteiger partial charge in [-0.05, 0) is 49.3 Å². The summed E-state index contributed by atoms with van der Waals surface area (Å²) in [5, 5.41) is 2.31. The molecule has 2 aromatic rings. The maximum atomic E-state index is 6.37. The van der Waals surface area contributed by atoms with Crippen LogP contribution in [-0.2, 0) is 4.74 Å². The number of rotatable bonds is 12. The van der Waals surface area contributed by atoms with Crippen LogP contribution in [0.5, 0.6) is 5.75 Å². The first kappa shape index (κ1) is 20.4. The molecule has 2 rings (SSSR count). The van der Waals surface area contributed by atoms with Crippen molar-refractivity contribution in [2.75, 3.05) is 26.9 Å². The fourth-order valence-corrected chi connectivity index (χ4v) is 2.98. The molecule has 0 bridgehead atoms. The van der Waals surface area contributed by atoms with Crippen LogP contribution >= 0.6 is 0 Å². The summed E-state index contributed by atoms with van der Waals surface area (Å²) in [6, 6.07) is 14.4. The zero-order valence-corrected chi connectivity index (χ0v) is 15.8. The van der Waals surface area contributed by atoms with Crippen molar-refractivity contribution in [2.45, 2.75) is 38.1 Å². The Labute approximate surface area is 157 Å². The number of hydrogen-bond donors (Lipinski definition) is 2. The third kappa shape index (κ3) is 6.45. The summed E-state index contributed by atoms with van der Waals surface area (Å²) in [6.45, 7) is 1.92. The van der Waals surface area contributed by atoms with Gasteiger partial charge in [0.05, 0.1) is 0 Å². The number of ether oxygens (including phenoxy) is 2. The molecule has 4 heteroatoms. The lowest BCUT2D eigenvalue weighted by Gasteiger charge is -2.18. The van der Waals surface area contributed by atoms with Crippen LogP contribution in [-0.4, -0.2) is 32.9 Å². The normalized spacial score (nSPS) is 13.1. The fraction of sp³-hybridized carbons (Fsp3) is 0.455. The molecule has 4 nitrogen and oxygen atoms in total. The van der Waals surface area contributed by atoms with E-state index in [0.29, 0.717) is 13.2 Å². The van der Waals surface area contributed by atoms with Gasteiger partial charge < -0.3 is 20.9 Å². The molecule has 0 radical (unpaired) electrons. The Morgan fingerprint density at radius 1 is 1.08 bits per heavy atom. The fourth-order valence-electron chi connectivity index (χ4n) is 2.98. The van der Waals surface area contributed by atoms with Crippen molar-refractivity contribution in [3.63, 3.8) is 0 Å². The highest BCUT2D eigenvalue weighted by Gasteiger charge is 2.11. The number of hydrogen-bond acceptors (Lipinski definition) is 4. The van der Waals surface area contributed by atoms with Crippen LogP contribution in [0, 0.1) is 0 Å². The summed E-state index contributed by atoms with van der Waals surface area (Å²) in [6.07, 6.45) is 7.40. The predicted octanol–water partition coefficient (Wildman–Crippen LogP) is 4.03. The monoisotopic (exact) mass is 356 g/mol. The molecule has 0 aliphatic heterocycles. The lowest BCUT2D eigenvalue weighted by Crippen LogP contribution is -2.27. The van der Waals surface area contributed by atoms with Gasteiger partial charge in [-0.15, -0.1) is 0 Å². The van der Waals surface area contributed by atoms with Crippen LogP contribution < -0.4 is 16.2 Å². The standard InChI is InChI=1S/C22H32N2O2/c1-25-16-14-21(24)19(10-4-2-3-7-15-23)17-26-22-13-8-11-18-9-5-6-12-20(18)22/h5-6,8-13,21H,2-4,7,14-17,23-24H2,1H3. The van der Waals surface area contributed by atoms with Gasteiger partial charge in [0.15, 0.2) is 0 Å². The Bertz CT molecular complexity index is 679. The predicted molar refractivity (Wildman–Crippen MR) is 110 cm³/mol. The number of benzene rings is 2. The molecule has 0 heterocycles. The molecule has 0 aliphatic rings. The average Bonchev–Trinajstić information content (AvgIpc) is 2.68. The average molecular weight is 357 g/mol. The van der Waals surface area contributed by atoms with Crippen molar-refractivity contribution in [1.29, 1.82) is 0 Å². The van der Waals surface area contributed by atoms with E-state index in [0.717, 1.165) is 55.4 Å². The van der Waals surface area contributed by atoms with E-state index in [1.165, 1.54) is 5.39 Å². The van der Waals surface area contributed by atoms with Gasteiger partial charge in [0, 0.05) is 25.1 Å². The van der Waals surface area contributed by atoms with Crippen LogP contribution in [0.1, 0.15) is 32.1 Å². The molecule has 1 atom stereocenters. The second-order valence-corrected chi connectivity index (χ2v) is 6.57. The summed E-state index contributed by atoms with van der Waals surface area (Å²) < 4.78 is 11.3. The van der Waals surface area contributed by atoms with Gasteiger partial charge in [-0.3, -0.25) is 0 Å². The third-order valence-electron chi connectivity index (χ3n) is 4.57. The quantitative estimate of drug-likeness (QED) is 0.445. The van der Waals surface area contributed by atoms with E-state index in [1.807, 2.05) is 24.3 Å². The minimum absolute atomic E-state index is 0.0422. The minimum atomic E-state index is -0.0422. The van der Waals surface area contributed by atoms with Gasteiger partial charge in [0.25, 0.3) is 0 Å². The molecule has 0 amide bonds. The molecular weight excluding hydrogens is 324 g/mol. The lowest BCUT2D eigenvalue weighted by molar-refractivity contribution is 0.189. The van der Waals surface area contributed by atoms with E-state index in [1.54, 1.807) is 7.11 Å².